The van der Waals surface area contributed by atoms with Crippen LogP contribution >= 0.6 is 0 Å². The number of anilines is 1. The molecule has 4 nitrogen and oxygen atoms in total. The molecule has 118 valence electrons. The highest BCUT2D eigenvalue weighted by molar-refractivity contribution is 5.51. The van der Waals surface area contributed by atoms with E-state index in [0.717, 1.165) is 31.1 Å². The Morgan fingerprint density at radius 1 is 1.43 bits per heavy atom. The molecule has 21 heavy (non-hydrogen) atoms. The number of hydrogen-bond donors (Lipinski definition) is 1. The van der Waals surface area contributed by atoms with E-state index in [0.29, 0.717) is 6.04 Å². The molecule has 1 atom stereocenters. The van der Waals surface area contributed by atoms with E-state index in [1.165, 1.54) is 30.5 Å². The summed E-state index contributed by atoms with van der Waals surface area (Å²) in [5, 5.41) is 3.45. The van der Waals surface area contributed by atoms with E-state index < -0.39 is 0 Å². The van der Waals surface area contributed by atoms with Gasteiger partial charge in [-0.15, -0.1) is 0 Å². The average Bonchev–Trinajstić information content (AvgIpc) is 2.82. The fourth-order valence-electron chi connectivity index (χ4n) is 3.24. The third kappa shape index (κ3) is 3.95. The van der Waals surface area contributed by atoms with Crippen molar-refractivity contribution >= 4 is 5.82 Å². The van der Waals surface area contributed by atoms with E-state index in [-0.39, 0.29) is 0 Å². The van der Waals surface area contributed by atoms with Crippen LogP contribution < -0.4 is 10.2 Å². The van der Waals surface area contributed by atoms with Crippen molar-refractivity contribution in [3.8, 4) is 0 Å². The number of aromatic nitrogens is 1. The Kier molecular flexibility index (Phi) is 5.59. The summed E-state index contributed by atoms with van der Waals surface area (Å²) in [7, 11) is 4.42. The minimum Gasteiger partial charge on any atom is -0.358 e. The minimum absolute atomic E-state index is 0.657. The predicted octanol–water partition coefficient (Wildman–Crippen LogP) is 2.34. The van der Waals surface area contributed by atoms with Gasteiger partial charge in [0.05, 0.1) is 0 Å². The highest BCUT2D eigenvalue weighted by Crippen LogP contribution is 2.24. The maximum atomic E-state index is 4.82. The third-order valence-corrected chi connectivity index (χ3v) is 4.52. The first-order valence-corrected chi connectivity index (χ1v) is 8.12. The first-order valence-electron chi connectivity index (χ1n) is 8.12. The second-order valence-corrected chi connectivity index (χ2v) is 6.32. The fraction of sp³-hybridized carbons (Fsp3) is 0.706. The largest absolute Gasteiger partial charge is 0.358 e. The van der Waals surface area contributed by atoms with Crippen molar-refractivity contribution in [2.75, 3.05) is 38.6 Å². The van der Waals surface area contributed by atoms with Crippen LogP contribution in [0.2, 0.25) is 0 Å². The standard InChI is InChI=1S/C17H30N4/c1-6-18-11-16-13(2)10-14(3)19-17(16)21(5)12-15-8-7-9-20(15)4/h10,15,18H,6-9,11-12H2,1-5H3. The number of likely N-dealkylation sites (tertiary alicyclic amines) is 1. The Balaban J connectivity index is 2.19. The molecule has 1 unspecified atom stereocenters. The van der Waals surface area contributed by atoms with Crippen LogP contribution in [0.25, 0.3) is 0 Å². The lowest BCUT2D eigenvalue weighted by molar-refractivity contribution is 0.314. The van der Waals surface area contributed by atoms with Crippen molar-refractivity contribution in [2.24, 2.45) is 0 Å². The van der Waals surface area contributed by atoms with Gasteiger partial charge in [0.2, 0.25) is 0 Å². The van der Waals surface area contributed by atoms with Crippen molar-refractivity contribution < 1.29 is 0 Å². The zero-order valence-corrected chi connectivity index (χ0v) is 14.2. The molecular formula is C17H30N4. The highest BCUT2D eigenvalue weighted by Gasteiger charge is 2.23. The number of hydrogen-bond acceptors (Lipinski definition) is 4. The van der Waals surface area contributed by atoms with Crippen LogP contribution in [0.3, 0.4) is 0 Å². The normalized spacial score (nSPS) is 19.2. The van der Waals surface area contributed by atoms with E-state index in [1.807, 2.05) is 0 Å². The van der Waals surface area contributed by atoms with Crippen LogP contribution in [0.5, 0.6) is 0 Å². The van der Waals surface area contributed by atoms with E-state index in [9.17, 15) is 0 Å². The molecule has 1 saturated heterocycles. The van der Waals surface area contributed by atoms with Crippen LogP contribution in [-0.2, 0) is 6.54 Å². The molecule has 2 rings (SSSR count). The zero-order valence-electron chi connectivity index (χ0n) is 14.2. The Bertz CT molecular complexity index is 472. The summed E-state index contributed by atoms with van der Waals surface area (Å²) < 4.78 is 0. The summed E-state index contributed by atoms with van der Waals surface area (Å²) in [5.41, 5.74) is 3.78. The summed E-state index contributed by atoms with van der Waals surface area (Å²) >= 11 is 0. The SMILES string of the molecule is CCNCc1c(C)cc(C)nc1N(C)CC1CCCN1C. The van der Waals surface area contributed by atoms with Gasteiger partial charge in [0.15, 0.2) is 0 Å². The number of rotatable bonds is 6. The molecule has 1 fully saturated rings. The smallest absolute Gasteiger partial charge is 0.133 e. The van der Waals surface area contributed by atoms with Crippen LogP contribution in [0.15, 0.2) is 6.07 Å². The van der Waals surface area contributed by atoms with Crippen molar-refractivity contribution in [3.05, 3.63) is 22.9 Å². The van der Waals surface area contributed by atoms with Crippen LogP contribution in [0.1, 0.15) is 36.6 Å². The second-order valence-electron chi connectivity index (χ2n) is 6.32. The molecule has 2 heterocycles. The van der Waals surface area contributed by atoms with Gasteiger partial charge in [0, 0.05) is 37.4 Å². The molecule has 4 heteroatoms. The first kappa shape index (κ1) is 16.2. The lowest BCUT2D eigenvalue weighted by Gasteiger charge is -2.29. The summed E-state index contributed by atoms with van der Waals surface area (Å²) in [4.78, 5) is 9.64. The van der Waals surface area contributed by atoms with Crippen molar-refractivity contribution in [3.63, 3.8) is 0 Å². The molecule has 1 aliphatic heterocycles. The molecule has 1 aromatic rings. The maximum Gasteiger partial charge on any atom is 0.133 e. The topological polar surface area (TPSA) is 31.4 Å². The van der Waals surface area contributed by atoms with Gasteiger partial charge in [0.25, 0.3) is 0 Å². The Morgan fingerprint density at radius 3 is 2.81 bits per heavy atom. The van der Waals surface area contributed by atoms with Crippen molar-refractivity contribution in [1.82, 2.24) is 15.2 Å². The van der Waals surface area contributed by atoms with E-state index >= 15 is 0 Å². The number of likely N-dealkylation sites (N-methyl/N-ethyl adjacent to an activating group) is 2. The number of nitrogens with zero attached hydrogens (tertiary/aromatic N) is 3. The predicted molar refractivity (Wildman–Crippen MR) is 90.0 cm³/mol. The summed E-state index contributed by atoms with van der Waals surface area (Å²) in [6.07, 6.45) is 2.62. The molecule has 0 aliphatic carbocycles. The van der Waals surface area contributed by atoms with Gasteiger partial charge >= 0.3 is 0 Å². The molecule has 0 bridgehead atoms. The van der Waals surface area contributed by atoms with Gasteiger partial charge in [0.1, 0.15) is 5.82 Å². The third-order valence-electron chi connectivity index (χ3n) is 4.52. The van der Waals surface area contributed by atoms with Gasteiger partial charge in [-0.3, -0.25) is 0 Å². The molecule has 1 aliphatic rings. The maximum absolute atomic E-state index is 4.82. The molecular weight excluding hydrogens is 260 g/mol. The van der Waals surface area contributed by atoms with Gasteiger partial charge in [-0.2, -0.15) is 0 Å². The second kappa shape index (κ2) is 7.23. The summed E-state index contributed by atoms with van der Waals surface area (Å²) in [6, 6.07) is 2.84. The van der Waals surface area contributed by atoms with Crippen LogP contribution in [0, 0.1) is 13.8 Å². The monoisotopic (exact) mass is 290 g/mol. The molecule has 0 radical (unpaired) electrons. The fourth-order valence-corrected chi connectivity index (χ4v) is 3.24. The Morgan fingerprint density at radius 2 is 2.19 bits per heavy atom. The van der Waals surface area contributed by atoms with Gasteiger partial charge in [-0.25, -0.2) is 4.98 Å². The minimum atomic E-state index is 0.657. The highest BCUT2D eigenvalue weighted by atomic mass is 15.2. The first-order chi connectivity index (χ1) is 10.0. The van der Waals surface area contributed by atoms with Crippen LogP contribution in [-0.4, -0.2) is 49.7 Å². The molecule has 0 saturated carbocycles. The van der Waals surface area contributed by atoms with Gasteiger partial charge < -0.3 is 15.1 Å². The quantitative estimate of drug-likeness (QED) is 0.871. The summed E-state index contributed by atoms with van der Waals surface area (Å²) in [5.74, 6) is 1.15. The van der Waals surface area contributed by atoms with Crippen LogP contribution in [0.4, 0.5) is 5.82 Å². The zero-order chi connectivity index (χ0) is 15.4. The Labute approximate surface area is 129 Å². The van der Waals surface area contributed by atoms with Gasteiger partial charge in [-0.1, -0.05) is 6.92 Å². The molecule has 0 spiro atoms. The molecule has 0 aromatic carbocycles. The lowest BCUT2D eigenvalue weighted by atomic mass is 10.1. The lowest BCUT2D eigenvalue weighted by Crippen LogP contribution is -2.37. The summed E-state index contributed by atoms with van der Waals surface area (Å²) in [6.45, 7) is 10.6. The van der Waals surface area contributed by atoms with Gasteiger partial charge in [-0.05, 0) is 58.5 Å². The molecule has 1 aromatic heterocycles. The van der Waals surface area contributed by atoms with Crippen molar-refractivity contribution in [2.45, 2.75) is 46.2 Å². The molecule has 0 amide bonds. The number of aryl methyl sites for hydroxylation is 2. The van der Waals surface area contributed by atoms with Crippen molar-refractivity contribution in [1.29, 1.82) is 0 Å². The van der Waals surface area contributed by atoms with E-state index in [1.54, 1.807) is 0 Å². The number of nitrogens with one attached hydrogen (secondary N) is 1. The van der Waals surface area contributed by atoms with E-state index in [2.05, 4.69) is 56.0 Å². The average molecular weight is 290 g/mol. The van der Waals surface area contributed by atoms with E-state index in [4.69, 9.17) is 4.98 Å². The number of pyridine rings is 1. The molecule has 1 N–H and O–H groups in total. The Hall–Kier alpha value is -1.13.